The normalized spacial score (nSPS) is 48.7. The average molecular weight is 598 g/mol. The Morgan fingerprint density at radius 2 is 1.86 bits per heavy atom. The molecule has 6 aliphatic rings. The van der Waals surface area contributed by atoms with Gasteiger partial charge in [-0.25, -0.2) is 4.79 Å². The quantitative estimate of drug-likeness (QED) is 0.208. The molecule has 3 saturated carbocycles. The SMILES string of the molecule is COC1O[C@@H]2[C@@H](N=[N+]=[N-])[C@H](C)O[C@@H](O[C@@H]3C=C4CCC5C(CC[C@]6(C)[C@@H](c7ccc(=O)oc7)CC[C@]56O)[C@@]4(C)CC3)[C@@H]2O1. The van der Waals surface area contributed by atoms with Crippen LogP contribution in [0.4, 0.5) is 0 Å². The van der Waals surface area contributed by atoms with E-state index in [2.05, 4.69) is 29.9 Å². The molecule has 11 nitrogen and oxygen atoms in total. The van der Waals surface area contributed by atoms with Gasteiger partial charge in [0.25, 0.3) is 6.48 Å². The predicted molar refractivity (Wildman–Crippen MR) is 154 cm³/mol. The van der Waals surface area contributed by atoms with Gasteiger partial charge < -0.3 is 33.2 Å². The average Bonchev–Trinajstić information content (AvgIpc) is 3.55. The van der Waals surface area contributed by atoms with Crippen LogP contribution in [0.5, 0.6) is 0 Å². The molecular formula is C32H43N3O8. The van der Waals surface area contributed by atoms with Gasteiger partial charge in [-0.3, -0.25) is 0 Å². The van der Waals surface area contributed by atoms with Crippen molar-refractivity contribution in [2.75, 3.05) is 7.11 Å². The van der Waals surface area contributed by atoms with Gasteiger partial charge in [0.05, 0.1) is 30.1 Å². The lowest BCUT2D eigenvalue weighted by Crippen LogP contribution is -2.60. The zero-order valence-electron chi connectivity index (χ0n) is 25.4. The topological polar surface area (TPSA) is 145 Å². The fourth-order valence-corrected chi connectivity index (χ4v) is 10.1. The van der Waals surface area contributed by atoms with Crippen molar-refractivity contribution in [1.82, 2.24) is 0 Å². The zero-order valence-corrected chi connectivity index (χ0v) is 25.4. The Bertz CT molecular complexity index is 1360. The highest BCUT2D eigenvalue weighted by Gasteiger charge is 2.67. The molecule has 11 heteroatoms. The summed E-state index contributed by atoms with van der Waals surface area (Å²) in [6, 6.07) is 2.84. The van der Waals surface area contributed by atoms with Crippen molar-refractivity contribution < 1.29 is 33.2 Å². The molecule has 1 aromatic rings. The number of ether oxygens (including phenoxy) is 5. The molecule has 2 aliphatic heterocycles. The molecule has 1 N–H and O–H groups in total. The van der Waals surface area contributed by atoms with E-state index in [0.717, 1.165) is 56.9 Å². The minimum Gasteiger partial charge on any atom is -0.431 e. The Hall–Kier alpha value is -2.24. The van der Waals surface area contributed by atoms with Gasteiger partial charge in [-0.2, -0.15) is 0 Å². The lowest BCUT2D eigenvalue weighted by Gasteiger charge is -2.62. The van der Waals surface area contributed by atoms with Gasteiger partial charge in [-0.15, -0.1) is 0 Å². The van der Waals surface area contributed by atoms with E-state index in [1.807, 2.05) is 13.0 Å². The summed E-state index contributed by atoms with van der Waals surface area (Å²) >= 11 is 0. The van der Waals surface area contributed by atoms with Crippen molar-refractivity contribution in [1.29, 1.82) is 0 Å². The van der Waals surface area contributed by atoms with E-state index in [4.69, 9.17) is 33.6 Å². The van der Waals surface area contributed by atoms with Crippen LogP contribution in [-0.4, -0.2) is 61.0 Å². The Kier molecular flexibility index (Phi) is 7.32. The maximum atomic E-state index is 12.5. The number of aliphatic hydroxyl groups is 1. The first-order valence-electron chi connectivity index (χ1n) is 15.8. The summed E-state index contributed by atoms with van der Waals surface area (Å²) in [4.78, 5) is 14.6. The summed E-state index contributed by atoms with van der Waals surface area (Å²) in [6.07, 6.45) is 8.96. The maximum Gasteiger partial charge on any atom is 0.335 e. The van der Waals surface area contributed by atoms with Crippen molar-refractivity contribution in [3.05, 3.63) is 56.5 Å². The van der Waals surface area contributed by atoms with Crippen LogP contribution in [0.25, 0.3) is 10.4 Å². The summed E-state index contributed by atoms with van der Waals surface area (Å²) < 4.78 is 35.1. The number of hydrogen-bond donors (Lipinski definition) is 1. The van der Waals surface area contributed by atoms with Crippen LogP contribution >= 0.6 is 0 Å². The fourth-order valence-electron chi connectivity index (χ4n) is 10.1. The summed E-state index contributed by atoms with van der Waals surface area (Å²) in [7, 11) is 1.50. The largest absolute Gasteiger partial charge is 0.431 e. The predicted octanol–water partition coefficient (Wildman–Crippen LogP) is 5.32. The van der Waals surface area contributed by atoms with Crippen molar-refractivity contribution >= 4 is 0 Å². The second kappa shape index (κ2) is 10.7. The number of fused-ring (bicyclic) bond motifs is 6. The van der Waals surface area contributed by atoms with E-state index in [9.17, 15) is 9.90 Å². The highest BCUT2D eigenvalue weighted by atomic mass is 16.9. The molecule has 0 aromatic carbocycles. The molecule has 0 radical (unpaired) electrons. The zero-order chi connectivity index (χ0) is 30.1. The molecule has 5 fully saturated rings. The van der Waals surface area contributed by atoms with Gasteiger partial charge in [-0.05, 0) is 98.6 Å². The molecule has 234 valence electrons. The molecule has 3 heterocycles. The van der Waals surface area contributed by atoms with Gasteiger partial charge in [0, 0.05) is 23.5 Å². The second-order valence-electron chi connectivity index (χ2n) is 14.1. The van der Waals surface area contributed by atoms with Crippen LogP contribution in [0.2, 0.25) is 0 Å². The van der Waals surface area contributed by atoms with Crippen molar-refractivity contribution in [2.45, 2.75) is 127 Å². The van der Waals surface area contributed by atoms with Gasteiger partial charge in [0.1, 0.15) is 12.2 Å². The molecule has 0 spiro atoms. The monoisotopic (exact) mass is 597 g/mol. The first-order chi connectivity index (χ1) is 20.6. The number of nitrogens with zero attached hydrogens (tertiary/aromatic N) is 3. The van der Waals surface area contributed by atoms with Gasteiger partial charge in [-0.1, -0.05) is 30.6 Å². The van der Waals surface area contributed by atoms with Crippen LogP contribution in [0.3, 0.4) is 0 Å². The highest BCUT2D eigenvalue weighted by Crippen LogP contribution is 2.70. The molecular weight excluding hydrogens is 554 g/mol. The first-order valence-corrected chi connectivity index (χ1v) is 15.8. The Morgan fingerprint density at radius 3 is 2.60 bits per heavy atom. The third-order valence-electron chi connectivity index (χ3n) is 12.4. The van der Waals surface area contributed by atoms with E-state index in [1.54, 1.807) is 6.26 Å². The number of allylic oxidation sites excluding steroid dienone is 1. The van der Waals surface area contributed by atoms with Crippen molar-refractivity contribution in [3.8, 4) is 0 Å². The van der Waals surface area contributed by atoms with Crippen LogP contribution in [-0.2, 0) is 23.7 Å². The van der Waals surface area contributed by atoms with E-state index < -0.39 is 42.7 Å². The van der Waals surface area contributed by atoms with E-state index in [-0.39, 0.29) is 34.4 Å². The molecule has 4 aliphatic carbocycles. The maximum absolute atomic E-state index is 12.5. The smallest absolute Gasteiger partial charge is 0.335 e. The van der Waals surface area contributed by atoms with Gasteiger partial charge >= 0.3 is 5.63 Å². The Balaban J connectivity index is 1.09. The van der Waals surface area contributed by atoms with Crippen molar-refractivity contribution in [3.63, 3.8) is 0 Å². The molecule has 0 amide bonds. The minimum atomic E-state index is -0.868. The molecule has 3 unspecified atom stereocenters. The third-order valence-corrected chi connectivity index (χ3v) is 12.4. The second-order valence-corrected chi connectivity index (χ2v) is 14.1. The van der Waals surface area contributed by atoms with Crippen molar-refractivity contribution in [2.24, 2.45) is 27.8 Å². The first kappa shape index (κ1) is 29.5. The van der Waals surface area contributed by atoms with Crippen LogP contribution in [0, 0.1) is 22.7 Å². The molecule has 13 atom stereocenters. The molecule has 1 aromatic heterocycles. The minimum absolute atomic E-state index is 0.00142. The van der Waals surface area contributed by atoms with Crippen LogP contribution in [0.1, 0.15) is 83.6 Å². The third kappa shape index (κ3) is 4.46. The standard InChI is InChI=1S/C32H43N3O8/c1-17-25(34-35-33)26-27(43-29(38-4)42-26)28(40-17)41-20-9-12-30(2)19(15-20)6-7-23-22(30)10-13-31(3)21(11-14-32(23,31)37)18-5-8-24(36)39-16-18/h5,8,15-17,20-23,25-29,37H,6-7,9-14H2,1-4H3/t17-,20-,21+,22?,23?,25-,26+,27+,28-,29?,30-,31+,32-/m0/s1. The molecule has 2 saturated heterocycles. The van der Waals surface area contributed by atoms with Gasteiger partial charge in [0.15, 0.2) is 6.29 Å². The van der Waals surface area contributed by atoms with E-state index in [1.165, 1.54) is 18.7 Å². The number of hydrogen-bond acceptors (Lipinski definition) is 9. The molecule has 43 heavy (non-hydrogen) atoms. The van der Waals surface area contributed by atoms with Crippen LogP contribution in [0.15, 0.2) is 44.4 Å². The lowest BCUT2D eigenvalue weighted by atomic mass is 9.45. The fraction of sp³-hybridized carbons (Fsp3) is 0.781. The highest BCUT2D eigenvalue weighted by molar-refractivity contribution is 5.31. The summed E-state index contributed by atoms with van der Waals surface area (Å²) in [6.45, 7) is 5.65. The Labute approximate surface area is 251 Å². The number of rotatable bonds is 5. The Morgan fingerprint density at radius 1 is 1.05 bits per heavy atom. The van der Waals surface area contributed by atoms with Crippen LogP contribution < -0.4 is 5.63 Å². The summed E-state index contributed by atoms with van der Waals surface area (Å²) in [5.41, 5.74) is 10.2. The summed E-state index contributed by atoms with van der Waals surface area (Å²) in [5.74, 6) is 0.798. The number of methoxy groups -OCH3 is 1. The van der Waals surface area contributed by atoms with E-state index in [0.29, 0.717) is 5.92 Å². The van der Waals surface area contributed by atoms with Gasteiger partial charge in [0.2, 0.25) is 0 Å². The molecule has 0 bridgehead atoms. The lowest BCUT2D eigenvalue weighted by molar-refractivity contribution is -0.272. The number of azide groups is 1. The van der Waals surface area contributed by atoms with E-state index >= 15 is 0 Å². The molecule has 7 rings (SSSR count). The summed E-state index contributed by atoms with van der Waals surface area (Å²) in [5, 5.41) is 16.4.